The Morgan fingerprint density at radius 2 is 2.45 bits per heavy atom. The van der Waals surface area contributed by atoms with Gasteiger partial charge in [0.15, 0.2) is 11.1 Å². The van der Waals surface area contributed by atoms with Gasteiger partial charge in [-0.25, -0.2) is 0 Å². The molecular weight excluding hydrogens is 260 g/mol. The zero-order valence-electron chi connectivity index (χ0n) is 11.0. The van der Waals surface area contributed by atoms with Crippen LogP contribution in [0.15, 0.2) is 22.6 Å². The van der Waals surface area contributed by atoms with Crippen molar-refractivity contribution in [3.05, 3.63) is 28.3 Å². The van der Waals surface area contributed by atoms with E-state index in [2.05, 4.69) is 15.6 Å². The zero-order valence-corrected chi connectivity index (χ0v) is 11.0. The highest BCUT2D eigenvalue weighted by Crippen LogP contribution is 2.27. The van der Waals surface area contributed by atoms with Gasteiger partial charge in [-0.2, -0.15) is 4.98 Å². The molecule has 2 N–H and O–H groups in total. The molecule has 1 unspecified atom stereocenters. The fraction of sp³-hybridized carbons (Fsp3) is 0.462. The molecule has 1 atom stereocenters. The minimum atomic E-state index is -0.445. The summed E-state index contributed by atoms with van der Waals surface area (Å²) < 4.78 is 5.50. The molecule has 3 rings (SSSR count). The van der Waals surface area contributed by atoms with E-state index in [0.29, 0.717) is 23.0 Å². The van der Waals surface area contributed by atoms with E-state index in [1.807, 2.05) is 0 Å². The van der Waals surface area contributed by atoms with Crippen LogP contribution >= 0.6 is 0 Å². The molecule has 1 aliphatic heterocycles. The predicted octanol–water partition coefficient (Wildman–Crippen LogP) is 2.15. The highest BCUT2D eigenvalue weighted by atomic mass is 16.6. The number of aromatic nitrogens is 1. The van der Waals surface area contributed by atoms with E-state index in [-0.39, 0.29) is 5.69 Å². The van der Waals surface area contributed by atoms with Gasteiger partial charge in [-0.05, 0) is 37.9 Å². The minimum Gasteiger partial charge on any atom is -0.423 e. The van der Waals surface area contributed by atoms with Crippen molar-refractivity contribution in [1.29, 1.82) is 0 Å². The van der Waals surface area contributed by atoms with Gasteiger partial charge in [-0.1, -0.05) is 6.07 Å². The second-order valence-corrected chi connectivity index (χ2v) is 4.99. The van der Waals surface area contributed by atoms with Crippen LogP contribution in [0.1, 0.15) is 12.8 Å². The summed E-state index contributed by atoms with van der Waals surface area (Å²) in [5.74, 6) is 0.536. The Bertz CT molecular complexity index is 619. The fourth-order valence-corrected chi connectivity index (χ4v) is 2.49. The maximum Gasteiger partial charge on any atom is 0.298 e. The van der Waals surface area contributed by atoms with Crippen LogP contribution in [0, 0.1) is 16.0 Å². The lowest BCUT2D eigenvalue weighted by molar-refractivity contribution is -0.383. The summed E-state index contributed by atoms with van der Waals surface area (Å²) in [6, 6.07) is 5.06. The van der Waals surface area contributed by atoms with Crippen molar-refractivity contribution in [2.24, 2.45) is 5.92 Å². The number of benzene rings is 1. The minimum absolute atomic E-state index is 0.0290. The van der Waals surface area contributed by atoms with Gasteiger partial charge in [-0.15, -0.1) is 0 Å². The molecule has 0 saturated carbocycles. The van der Waals surface area contributed by atoms with Crippen LogP contribution in [0.2, 0.25) is 0 Å². The Morgan fingerprint density at radius 3 is 3.20 bits per heavy atom. The third-order valence-electron chi connectivity index (χ3n) is 3.54. The Balaban J connectivity index is 1.75. The van der Waals surface area contributed by atoms with Crippen LogP contribution in [0.3, 0.4) is 0 Å². The van der Waals surface area contributed by atoms with E-state index in [4.69, 9.17) is 4.42 Å². The molecule has 1 aromatic heterocycles. The molecule has 2 heterocycles. The molecule has 0 spiro atoms. The Morgan fingerprint density at radius 1 is 1.55 bits per heavy atom. The zero-order chi connectivity index (χ0) is 13.9. The summed E-state index contributed by atoms with van der Waals surface area (Å²) in [7, 11) is 0. The van der Waals surface area contributed by atoms with Gasteiger partial charge in [0.25, 0.3) is 11.7 Å². The van der Waals surface area contributed by atoms with Gasteiger partial charge < -0.3 is 15.1 Å². The number of anilines is 1. The van der Waals surface area contributed by atoms with E-state index in [0.717, 1.165) is 19.6 Å². The number of nitrogens with zero attached hydrogens (tertiary/aromatic N) is 2. The first-order chi connectivity index (χ1) is 9.74. The standard InChI is InChI=1S/C13H16N4O3/c18-17(19)10-4-1-5-11-12(10)16-13(20-11)15-8-9-3-2-6-14-7-9/h1,4-5,9,14H,2-3,6-8H2,(H,15,16). The molecule has 0 bridgehead atoms. The lowest BCUT2D eigenvalue weighted by Gasteiger charge is -2.22. The molecule has 7 heteroatoms. The number of hydrogen-bond donors (Lipinski definition) is 2. The van der Waals surface area contributed by atoms with Crippen molar-refractivity contribution in [2.75, 3.05) is 25.0 Å². The summed E-state index contributed by atoms with van der Waals surface area (Å²) >= 11 is 0. The number of nitro groups is 1. The Labute approximate surface area is 115 Å². The molecular formula is C13H16N4O3. The normalized spacial score (nSPS) is 19.1. The first kappa shape index (κ1) is 12.9. The van der Waals surface area contributed by atoms with Gasteiger partial charge in [0.1, 0.15) is 0 Å². The van der Waals surface area contributed by atoms with Crippen molar-refractivity contribution in [2.45, 2.75) is 12.8 Å². The lowest BCUT2D eigenvalue weighted by atomic mass is 10.00. The molecule has 106 valence electrons. The maximum absolute atomic E-state index is 10.9. The monoisotopic (exact) mass is 276 g/mol. The second-order valence-electron chi connectivity index (χ2n) is 4.99. The molecule has 0 amide bonds. The quantitative estimate of drug-likeness (QED) is 0.656. The topological polar surface area (TPSA) is 93.2 Å². The van der Waals surface area contributed by atoms with Crippen molar-refractivity contribution in [3.63, 3.8) is 0 Å². The summed E-state index contributed by atoms with van der Waals surface area (Å²) in [5.41, 5.74) is 0.698. The van der Waals surface area contributed by atoms with E-state index >= 15 is 0 Å². The third kappa shape index (κ3) is 2.57. The first-order valence-electron chi connectivity index (χ1n) is 6.72. The number of piperidine rings is 1. The number of rotatable bonds is 4. The van der Waals surface area contributed by atoms with Gasteiger partial charge in [0, 0.05) is 12.6 Å². The molecule has 0 aliphatic carbocycles. The van der Waals surface area contributed by atoms with E-state index in [9.17, 15) is 10.1 Å². The van der Waals surface area contributed by atoms with Gasteiger partial charge >= 0.3 is 0 Å². The van der Waals surface area contributed by atoms with Crippen LogP contribution in [0.25, 0.3) is 11.1 Å². The highest BCUT2D eigenvalue weighted by molar-refractivity contribution is 5.83. The number of fused-ring (bicyclic) bond motifs is 1. The van der Waals surface area contributed by atoms with Crippen molar-refractivity contribution in [1.82, 2.24) is 10.3 Å². The lowest BCUT2D eigenvalue weighted by Crippen LogP contribution is -2.33. The Hall–Kier alpha value is -2.15. The van der Waals surface area contributed by atoms with Crippen molar-refractivity contribution >= 4 is 22.8 Å². The van der Waals surface area contributed by atoms with Gasteiger partial charge in [0.05, 0.1) is 4.92 Å². The van der Waals surface area contributed by atoms with Crippen LogP contribution in [0.5, 0.6) is 0 Å². The van der Waals surface area contributed by atoms with E-state index in [1.165, 1.54) is 18.9 Å². The second kappa shape index (κ2) is 5.46. The molecule has 2 aromatic rings. The molecule has 20 heavy (non-hydrogen) atoms. The number of para-hydroxylation sites is 1. The molecule has 1 aromatic carbocycles. The molecule has 7 nitrogen and oxygen atoms in total. The third-order valence-corrected chi connectivity index (χ3v) is 3.54. The molecule has 1 saturated heterocycles. The average molecular weight is 276 g/mol. The van der Waals surface area contributed by atoms with Gasteiger partial charge in [-0.3, -0.25) is 10.1 Å². The number of nitrogens with one attached hydrogen (secondary N) is 2. The van der Waals surface area contributed by atoms with Gasteiger partial charge in [0.2, 0.25) is 0 Å². The van der Waals surface area contributed by atoms with Crippen molar-refractivity contribution < 1.29 is 9.34 Å². The smallest absolute Gasteiger partial charge is 0.298 e. The van der Waals surface area contributed by atoms with E-state index < -0.39 is 4.92 Å². The number of oxazole rings is 1. The largest absolute Gasteiger partial charge is 0.423 e. The maximum atomic E-state index is 10.9. The molecule has 1 fully saturated rings. The van der Waals surface area contributed by atoms with Crippen molar-refractivity contribution in [3.8, 4) is 0 Å². The van der Waals surface area contributed by atoms with Crippen LogP contribution in [-0.2, 0) is 0 Å². The summed E-state index contributed by atoms with van der Waals surface area (Å²) in [6.07, 6.45) is 2.34. The number of non-ortho nitro benzene ring substituents is 1. The van der Waals surface area contributed by atoms with E-state index in [1.54, 1.807) is 12.1 Å². The summed E-state index contributed by atoms with van der Waals surface area (Å²) in [5, 5.41) is 17.4. The fourth-order valence-electron chi connectivity index (χ4n) is 2.49. The van der Waals surface area contributed by atoms with Crippen LogP contribution in [0.4, 0.5) is 11.7 Å². The predicted molar refractivity (Wildman–Crippen MR) is 74.7 cm³/mol. The summed E-state index contributed by atoms with van der Waals surface area (Å²) in [4.78, 5) is 14.7. The highest BCUT2D eigenvalue weighted by Gasteiger charge is 2.18. The molecule has 0 radical (unpaired) electrons. The van der Waals surface area contributed by atoms with Crippen LogP contribution < -0.4 is 10.6 Å². The number of hydrogen-bond acceptors (Lipinski definition) is 6. The SMILES string of the molecule is O=[N+]([O-])c1cccc2oc(NCC3CCCNC3)nc12. The average Bonchev–Trinajstić information content (AvgIpc) is 2.88. The Kier molecular flexibility index (Phi) is 3.51. The summed E-state index contributed by atoms with van der Waals surface area (Å²) in [6.45, 7) is 2.81. The first-order valence-corrected chi connectivity index (χ1v) is 6.72. The molecule has 1 aliphatic rings. The van der Waals surface area contributed by atoms with Crippen LogP contribution in [-0.4, -0.2) is 29.5 Å². The number of nitro benzene ring substituents is 1.